The molecule has 1 aromatic carbocycles. The molecule has 11 heteroatoms. The Morgan fingerprint density at radius 3 is 2.76 bits per heavy atom. The van der Waals surface area contributed by atoms with E-state index in [9.17, 15) is 26.7 Å². The average molecular weight is 466 g/mol. The fourth-order valence-electron chi connectivity index (χ4n) is 4.27. The molecule has 6 nitrogen and oxygen atoms in total. The number of aromatic nitrogens is 2. The molecule has 1 saturated heterocycles. The number of carbonyl (C=O) groups is 1. The summed E-state index contributed by atoms with van der Waals surface area (Å²) in [5.74, 6) is -1.89. The lowest BCUT2D eigenvalue weighted by Crippen LogP contribution is -2.37. The van der Waals surface area contributed by atoms with E-state index in [2.05, 4.69) is 15.3 Å². The summed E-state index contributed by atoms with van der Waals surface area (Å²) in [4.78, 5) is 22.1. The summed E-state index contributed by atoms with van der Waals surface area (Å²) in [6, 6.07) is 2.81. The molecule has 1 aliphatic heterocycles. The lowest BCUT2D eigenvalue weighted by molar-refractivity contribution is -0.137. The summed E-state index contributed by atoms with van der Waals surface area (Å²) >= 11 is 0. The van der Waals surface area contributed by atoms with E-state index in [1.807, 2.05) is 0 Å². The zero-order chi connectivity index (χ0) is 23.3. The number of nitrogens with zero attached hydrogens (tertiary/aromatic N) is 3. The first-order valence-corrected chi connectivity index (χ1v) is 10.5. The van der Waals surface area contributed by atoms with Gasteiger partial charge in [-0.05, 0) is 24.8 Å². The number of rotatable bonds is 5. The van der Waals surface area contributed by atoms with E-state index in [1.54, 1.807) is 4.90 Å². The quantitative estimate of drug-likeness (QED) is 0.565. The highest BCUT2D eigenvalue weighted by molar-refractivity contribution is 5.77. The summed E-state index contributed by atoms with van der Waals surface area (Å²) in [7, 11) is 0. The van der Waals surface area contributed by atoms with Gasteiger partial charge in [0.25, 0.3) is 0 Å². The number of hydrogen-bond donors (Lipinski definition) is 1. The second kappa shape index (κ2) is 7.96. The number of nitrogens with one attached hydrogen (secondary N) is 1. The second-order valence-corrected chi connectivity index (χ2v) is 8.52. The van der Waals surface area contributed by atoms with Crippen LogP contribution in [0.2, 0.25) is 0 Å². The minimum absolute atomic E-state index is 0.0120. The van der Waals surface area contributed by atoms with Gasteiger partial charge in [-0.1, -0.05) is 0 Å². The van der Waals surface area contributed by atoms with E-state index in [1.165, 1.54) is 6.20 Å². The second-order valence-electron chi connectivity index (χ2n) is 8.52. The molecule has 1 saturated carbocycles. The first-order valence-electron chi connectivity index (χ1n) is 10.5. The van der Waals surface area contributed by atoms with Crippen LogP contribution < -0.4 is 10.2 Å². The van der Waals surface area contributed by atoms with Crippen molar-refractivity contribution >= 4 is 22.7 Å². The molecule has 2 aliphatic rings. The van der Waals surface area contributed by atoms with E-state index >= 15 is 0 Å². The van der Waals surface area contributed by atoms with Crippen LogP contribution in [0.1, 0.15) is 36.6 Å². The Kier molecular flexibility index (Phi) is 5.21. The lowest BCUT2D eigenvalue weighted by Gasteiger charge is -2.20. The van der Waals surface area contributed by atoms with Gasteiger partial charge < -0.3 is 14.6 Å². The van der Waals surface area contributed by atoms with Crippen LogP contribution in [-0.2, 0) is 11.0 Å². The topological polar surface area (TPSA) is 71.3 Å². The van der Waals surface area contributed by atoms with Crippen LogP contribution in [-0.4, -0.2) is 35.0 Å². The fourth-order valence-corrected chi connectivity index (χ4v) is 4.27. The Bertz CT molecular complexity index is 1170. The van der Waals surface area contributed by atoms with Gasteiger partial charge in [0, 0.05) is 49.8 Å². The van der Waals surface area contributed by atoms with Crippen molar-refractivity contribution in [3.05, 3.63) is 53.7 Å². The number of pyridine rings is 1. The zero-order valence-electron chi connectivity index (χ0n) is 17.2. The maximum atomic E-state index is 13.4. The van der Waals surface area contributed by atoms with Gasteiger partial charge in [0.05, 0.1) is 17.4 Å². The van der Waals surface area contributed by atoms with Crippen molar-refractivity contribution in [1.82, 2.24) is 15.3 Å². The van der Waals surface area contributed by atoms with Crippen molar-refractivity contribution in [2.24, 2.45) is 5.92 Å². The molecule has 1 N–H and O–H groups in total. The smallest absolute Gasteiger partial charge is 0.417 e. The van der Waals surface area contributed by atoms with Crippen LogP contribution in [0.25, 0.3) is 11.1 Å². The molecule has 0 radical (unpaired) electrons. The molecule has 1 aliphatic carbocycles. The van der Waals surface area contributed by atoms with Gasteiger partial charge >= 0.3 is 6.18 Å². The molecule has 1 amide bonds. The molecule has 3 atom stereocenters. The van der Waals surface area contributed by atoms with Gasteiger partial charge in [-0.15, -0.1) is 0 Å². The van der Waals surface area contributed by atoms with Crippen molar-refractivity contribution in [2.45, 2.75) is 37.4 Å². The molecule has 0 bridgehead atoms. The SMILES string of the molecule is O=C(C[C@@H]1C[C@@H]1c1nc2cc(F)c(F)cc2o1)N[C@@H]1CCN(c2cncc(C(F)(F)F)c2)C1. The summed E-state index contributed by atoms with van der Waals surface area (Å²) < 4.78 is 71.0. The standard InChI is InChI=1S/C22H19F5N4O2/c23-16-6-18-19(7-17(16)24)33-21(30-18)15-3-11(15)4-20(32)29-13-1-2-31(10-13)14-5-12(8-28-9-14)22(25,26)27/h5-9,11,13,15H,1-4,10H2,(H,29,32)/t11-,13+,15-/m0/s1. The van der Waals surface area contributed by atoms with Gasteiger partial charge in [0.2, 0.25) is 5.91 Å². The zero-order valence-corrected chi connectivity index (χ0v) is 17.2. The van der Waals surface area contributed by atoms with E-state index in [0.29, 0.717) is 37.5 Å². The van der Waals surface area contributed by atoms with E-state index < -0.39 is 23.4 Å². The van der Waals surface area contributed by atoms with Crippen molar-refractivity contribution in [3.8, 4) is 0 Å². The van der Waals surface area contributed by atoms with Crippen LogP contribution in [0, 0.1) is 17.6 Å². The molecule has 2 aromatic heterocycles. The fraction of sp³-hybridized carbons (Fsp3) is 0.409. The van der Waals surface area contributed by atoms with Crippen LogP contribution in [0.4, 0.5) is 27.6 Å². The molecule has 0 unspecified atom stereocenters. The first-order chi connectivity index (χ1) is 15.7. The van der Waals surface area contributed by atoms with Crippen LogP contribution >= 0.6 is 0 Å². The summed E-state index contributed by atoms with van der Waals surface area (Å²) in [5, 5.41) is 2.93. The van der Waals surface area contributed by atoms with Crippen LogP contribution in [0.15, 0.2) is 35.0 Å². The predicted octanol–water partition coefficient (Wildman–Crippen LogP) is 4.41. The van der Waals surface area contributed by atoms with Gasteiger partial charge in [0.15, 0.2) is 23.1 Å². The highest BCUT2D eigenvalue weighted by Crippen LogP contribution is 2.49. The van der Waals surface area contributed by atoms with Gasteiger partial charge in [-0.2, -0.15) is 13.2 Å². The number of amides is 1. The van der Waals surface area contributed by atoms with Crippen molar-refractivity contribution in [1.29, 1.82) is 0 Å². The normalized spacial score (nSPS) is 22.7. The number of carbonyl (C=O) groups excluding carboxylic acids is 1. The third-order valence-corrected chi connectivity index (χ3v) is 6.10. The highest BCUT2D eigenvalue weighted by Gasteiger charge is 2.43. The van der Waals surface area contributed by atoms with Crippen LogP contribution in [0.5, 0.6) is 0 Å². The maximum absolute atomic E-state index is 13.4. The predicted molar refractivity (Wildman–Crippen MR) is 107 cm³/mol. The summed E-state index contributed by atoms with van der Waals surface area (Å²) in [5.41, 5.74) is -0.0483. The Hall–Kier alpha value is -3.24. The third kappa shape index (κ3) is 4.49. The Morgan fingerprint density at radius 2 is 1.97 bits per heavy atom. The molecule has 3 heterocycles. The van der Waals surface area contributed by atoms with Crippen molar-refractivity contribution < 1.29 is 31.2 Å². The summed E-state index contributed by atoms with van der Waals surface area (Å²) in [6.07, 6.45) is -0.765. The molecule has 5 rings (SSSR count). The number of alkyl halides is 3. The first kappa shape index (κ1) is 21.6. The average Bonchev–Trinajstić information content (AvgIpc) is 3.15. The summed E-state index contributed by atoms with van der Waals surface area (Å²) in [6.45, 7) is 0.904. The van der Waals surface area contributed by atoms with Crippen molar-refractivity contribution in [2.75, 3.05) is 18.0 Å². The Labute approximate surface area is 184 Å². The van der Waals surface area contributed by atoms with E-state index in [4.69, 9.17) is 4.42 Å². The van der Waals surface area contributed by atoms with E-state index in [-0.39, 0.29) is 41.3 Å². The molecule has 33 heavy (non-hydrogen) atoms. The number of benzene rings is 1. The Balaban J connectivity index is 1.15. The monoisotopic (exact) mass is 466 g/mol. The molecule has 2 fully saturated rings. The number of anilines is 1. The molecule has 3 aromatic rings. The maximum Gasteiger partial charge on any atom is 0.417 e. The lowest BCUT2D eigenvalue weighted by atomic mass is 10.2. The van der Waals surface area contributed by atoms with Gasteiger partial charge in [0.1, 0.15) is 5.52 Å². The van der Waals surface area contributed by atoms with Crippen molar-refractivity contribution in [3.63, 3.8) is 0 Å². The van der Waals surface area contributed by atoms with E-state index in [0.717, 1.165) is 24.4 Å². The molecule has 0 spiro atoms. The number of hydrogen-bond acceptors (Lipinski definition) is 5. The highest BCUT2D eigenvalue weighted by atomic mass is 19.4. The molecular weight excluding hydrogens is 447 g/mol. The number of fused-ring (bicyclic) bond motifs is 1. The largest absolute Gasteiger partial charge is 0.440 e. The Morgan fingerprint density at radius 1 is 1.18 bits per heavy atom. The third-order valence-electron chi connectivity index (χ3n) is 6.10. The number of oxazole rings is 1. The molecule has 174 valence electrons. The van der Waals surface area contributed by atoms with Gasteiger partial charge in [-0.25, -0.2) is 13.8 Å². The minimum Gasteiger partial charge on any atom is -0.440 e. The van der Waals surface area contributed by atoms with Gasteiger partial charge in [-0.3, -0.25) is 9.78 Å². The molecular formula is C22H19F5N4O2. The van der Waals surface area contributed by atoms with Crippen LogP contribution in [0.3, 0.4) is 0 Å². The number of halogens is 5. The minimum atomic E-state index is -4.46.